The molecule has 4 heterocycles. The Kier molecular flexibility index (Phi) is 7.52. The molecular weight excluding hydrogens is 523 g/mol. The molecule has 12 heteroatoms. The fraction of sp³-hybridized carbons (Fsp3) is 0.679. The van der Waals surface area contributed by atoms with E-state index in [0.29, 0.717) is 12.2 Å². The van der Waals surface area contributed by atoms with E-state index < -0.39 is 49.2 Å². The van der Waals surface area contributed by atoms with Crippen LogP contribution in [0.1, 0.15) is 86.4 Å². The molecular formula is C28H39B2F3N2O5. The molecule has 40 heavy (non-hydrogen) atoms. The molecule has 0 N–H and O–H groups in total. The summed E-state index contributed by atoms with van der Waals surface area (Å²) in [6.45, 7) is 15.3. The number of nitrogens with zero attached hydrogens (tertiary/aromatic N) is 2. The number of allylic oxidation sites excluding steroid dienone is 1. The number of aromatic nitrogens is 2. The summed E-state index contributed by atoms with van der Waals surface area (Å²) in [6.07, 6.45) is -1.57. The molecule has 0 bridgehead atoms. The van der Waals surface area contributed by atoms with Gasteiger partial charge in [0.1, 0.15) is 0 Å². The maximum absolute atomic E-state index is 15.8. The second-order valence-electron chi connectivity index (χ2n) is 13.0. The van der Waals surface area contributed by atoms with Crippen LogP contribution >= 0.6 is 0 Å². The molecule has 2 unspecified atom stereocenters. The van der Waals surface area contributed by atoms with E-state index in [9.17, 15) is 8.78 Å². The third kappa shape index (κ3) is 5.04. The first-order chi connectivity index (χ1) is 18.5. The van der Waals surface area contributed by atoms with Crippen LogP contribution in [0.2, 0.25) is 0 Å². The van der Waals surface area contributed by atoms with Gasteiger partial charge < -0.3 is 23.4 Å². The summed E-state index contributed by atoms with van der Waals surface area (Å²) < 4.78 is 76.9. The van der Waals surface area contributed by atoms with Crippen molar-refractivity contribution in [2.75, 3.05) is 6.61 Å². The van der Waals surface area contributed by atoms with Crippen LogP contribution in [-0.4, -0.2) is 65.6 Å². The van der Waals surface area contributed by atoms with Crippen LogP contribution in [0.5, 0.6) is 0 Å². The van der Waals surface area contributed by atoms with Crippen LogP contribution in [0.4, 0.5) is 13.2 Å². The van der Waals surface area contributed by atoms with Crippen molar-refractivity contribution < 1.29 is 36.5 Å². The van der Waals surface area contributed by atoms with Crippen molar-refractivity contribution in [3.8, 4) is 0 Å². The van der Waals surface area contributed by atoms with Crippen molar-refractivity contribution >= 4 is 30.6 Å². The highest BCUT2D eigenvalue weighted by atomic mass is 19.3. The lowest BCUT2D eigenvalue weighted by atomic mass is 9.60. The van der Waals surface area contributed by atoms with Gasteiger partial charge in [0, 0.05) is 17.5 Å². The molecule has 3 fully saturated rings. The highest BCUT2D eigenvalue weighted by molar-refractivity contribution is 6.74. The number of hydrogen-bond acceptors (Lipinski definition) is 6. The number of fused-ring (bicyclic) bond motifs is 1. The van der Waals surface area contributed by atoms with Gasteiger partial charge in [-0.3, -0.25) is 0 Å². The second-order valence-corrected chi connectivity index (χ2v) is 13.0. The largest absolute Gasteiger partial charge is 0.494 e. The molecule has 2 atom stereocenters. The Morgan fingerprint density at radius 1 is 0.875 bits per heavy atom. The summed E-state index contributed by atoms with van der Waals surface area (Å²) in [5.41, 5.74) is -2.27. The number of halogens is 3. The zero-order chi connectivity index (χ0) is 29.3. The van der Waals surface area contributed by atoms with Gasteiger partial charge in [0.15, 0.2) is 12.4 Å². The number of alkyl halides is 3. The van der Waals surface area contributed by atoms with Gasteiger partial charge in [-0.2, -0.15) is 5.10 Å². The van der Waals surface area contributed by atoms with Crippen molar-refractivity contribution in [3.63, 3.8) is 0 Å². The standard InChI is InChI=1S/C28H39B2F3N2O5/c1-25(2)26(3,4)38-29(37-25)21(22(23(31)24(32)33)30-39-27(5,6)28(7,8)40-30)17-12-13-19-18(15-17)16-34-35(19)20-11-9-10-14-36-20/h12-13,15-16,20,23-24H,9-11,14H2,1-8H3. The average molecular weight is 562 g/mol. The number of rotatable bonds is 6. The summed E-state index contributed by atoms with van der Waals surface area (Å²) >= 11 is 0. The van der Waals surface area contributed by atoms with E-state index in [4.69, 9.17) is 23.4 Å². The minimum atomic E-state index is -3.32. The first kappa shape index (κ1) is 29.6. The summed E-state index contributed by atoms with van der Waals surface area (Å²) in [6, 6.07) is 5.40. The molecule has 0 aliphatic carbocycles. The molecule has 0 amide bonds. The molecule has 1 aromatic heterocycles. The van der Waals surface area contributed by atoms with E-state index in [2.05, 4.69) is 5.10 Å². The Morgan fingerprint density at radius 3 is 1.98 bits per heavy atom. The van der Waals surface area contributed by atoms with Crippen molar-refractivity contribution in [2.45, 2.75) is 116 Å². The van der Waals surface area contributed by atoms with Crippen LogP contribution in [0.25, 0.3) is 16.4 Å². The average Bonchev–Trinajstić information content (AvgIpc) is 3.44. The van der Waals surface area contributed by atoms with Gasteiger partial charge in [-0.15, -0.1) is 0 Å². The fourth-order valence-electron chi connectivity index (χ4n) is 5.28. The SMILES string of the molecule is CC1(C)OB(C(=C(B2OC(C)(C)C(C)(C)O2)C(F)C(F)F)c2ccc3c(cnn3C3CCCCO3)c2)OC1(C)C. The van der Waals surface area contributed by atoms with Crippen LogP contribution in [0, 0.1) is 0 Å². The maximum atomic E-state index is 15.8. The highest BCUT2D eigenvalue weighted by Gasteiger charge is 2.58. The molecule has 0 spiro atoms. The molecule has 7 nitrogen and oxygen atoms in total. The molecule has 5 rings (SSSR count). The second kappa shape index (κ2) is 10.2. The molecule has 3 aliphatic heterocycles. The Morgan fingerprint density at radius 2 is 1.45 bits per heavy atom. The normalized spacial score (nSPS) is 26.9. The zero-order valence-electron chi connectivity index (χ0n) is 24.6. The Balaban J connectivity index is 1.69. The van der Waals surface area contributed by atoms with Crippen molar-refractivity contribution in [1.82, 2.24) is 9.78 Å². The molecule has 218 valence electrons. The monoisotopic (exact) mass is 562 g/mol. The number of hydrogen-bond donors (Lipinski definition) is 0. The van der Waals surface area contributed by atoms with E-state index in [-0.39, 0.29) is 17.2 Å². The lowest BCUT2D eigenvalue weighted by Gasteiger charge is -2.32. The van der Waals surface area contributed by atoms with Crippen LogP contribution in [0.3, 0.4) is 0 Å². The summed E-state index contributed by atoms with van der Waals surface area (Å²) in [5.74, 6) is 0. The minimum Gasteiger partial charge on any atom is -0.399 e. The zero-order valence-corrected chi connectivity index (χ0v) is 24.6. The minimum absolute atomic E-state index is 0.133. The molecule has 0 saturated carbocycles. The first-order valence-corrected chi connectivity index (χ1v) is 14.0. The van der Waals surface area contributed by atoms with Crippen molar-refractivity contribution in [3.05, 3.63) is 35.4 Å². The summed E-state index contributed by atoms with van der Waals surface area (Å²) in [4.78, 5) is 0. The fourth-order valence-corrected chi connectivity index (χ4v) is 5.28. The van der Waals surface area contributed by atoms with Crippen molar-refractivity contribution in [2.24, 2.45) is 0 Å². The Hall–Kier alpha value is -1.85. The smallest absolute Gasteiger partial charge is 0.399 e. The van der Waals surface area contributed by atoms with Crippen LogP contribution in [0.15, 0.2) is 29.9 Å². The molecule has 3 aliphatic rings. The molecule has 3 saturated heterocycles. The van der Waals surface area contributed by atoms with Crippen LogP contribution < -0.4 is 0 Å². The van der Waals surface area contributed by atoms with E-state index >= 15 is 4.39 Å². The molecule has 0 radical (unpaired) electrons. The molecule has 2 aromatic rings. The maximum Gasteiger partial charge on any atom is 0.494 e. The van der Waals surface area contributed by atoms with E-state index in [1.165, 1.54) is 0 Å². The van der Waals surface area contributed by atoms with Gasteiger partial charge in [-0.1, -0.05) is 6.07 Å². The highest BCUT2D eigenvalue weighted by Crippen LogP contribution is 2.46. The summed E-state index contributed by atoms with van der Waals surface area (Å²) in [5, 5.41) is 5.31. The predicted molar refractivity (Wildman–Crippen MR) is 149 cm³/mol. The Labute approximate surface area is 235 Å². The van der Waals surface area contributed by atoms with E-state index in [1.807, 2.05) is 38.4 Å². The van der Waals surface area contributed by atoms with Crippen molar-refractivity contribution in [1.29, 1.82) is 0 Å². The van der Waals surface area contributed by atoms with E-state index in [0.717, 1.165) is 30.2 Å². The Bertz CT molecular complexity index is 1260. The van der Waals surface area contributed by atoms with Gasteiger partial charge in [-0.05, 0) is 97.8 Å². The van der Waals surface area contributed by atoms with Crippen LogP contribution in [-0.2, 0) is 23.4 Å². The van der Waals surface area contributed by atoms with Gasteiger partial charge in [-0.25, -0.2) is 17.9 Å². The molecule has 1 aromatic carbocycles. The first-order valence-electron chi connectivity index (χ1n) is 14.0. The van der Waals surface area contributed by atoms with Gasteiger partial charge >= 0.3 is 14.2 Å². The van der Waals surface area contributed by atoms with Gasteiger partial charge in [0.2, 0.25) is 0 Å². The lowest BCUT2D eigenvalue weighted by molar-refractivity contribution is -0.0366. The lowest BCUT2D eigenvalue weighted by Crippen LogP contribution is -2.41. The van der Waals surface area contributed by atoms with E-state index in [1.54, 1.807) is 46.0 Å². The predicted octanol–water partition coefficient (Wildman–Crippen LogP) is 6.36. The third-order valence-corrected chi connectivity index (χ3v) is 9.16. The van der Waals surface area contributed by atoms with Gasteiger partial charge in [0.05, 0.1) is 34.1 Å². The third-order valence-electron chi connectivity index (χ3n) is 9.16. The van der Waals surface area contributed by atoms with Gasteiger partial charge in [0.25, 0.3) is 6.43 Å². The summed E-state index contributed by atoms with van der Waals surface area (Å²) in [7, 11) is -2.53. The number of benzene rings is 1. The quantitative estimate of drug-likeness (QED) is 0.383. The topological polar surface area (TPSA) is 64.0 Å². The number of ether oxygens (including phenoxy) is 1.